The first kappa shape index (κ1) is 101. The molecule has 0 aromatic heterocycles. The highest BCUT2D eigenvalue weighted by Crippen LogP contribution is 2.45. The fourth-order valence-corrected chi connectivity index (χ4v) is 14.1. The van der Waals surface area contributed by atoms with Crippen LogP contribution in [0.25, 0.3) is 0 Å². The molecule has 0 rings (SSSR count). The lowest BCUT2D eigenvalue weighted by molar-refractivity contribution is -0.161. The number of ether oxygens (including phenoxy) is 4. The number of carbonyl (C=O) groups is 4. The van der Waals surface area contributed by atoms with Gasteiger partial charge in [-0.05, 0) is 57.3 Å². The zero-order valence-electron chi connectivity index (χ0n) is 66.9. The summed E-state index contributed by atoms with van der Waals surface area (Å²) >= 11 is 0. The van der Waals surface area contributed by atoms with E-state index in [0.717, 1.165) is 109 Å². The van der Waals surface area contributed by atoms with Crippen molar-refractivity contribution < 1.29 is 80.2 Å². The number of hydrogen-bond donors (Lipinski definition) is 3. The van der Waals surface area contributed by atoms with E-state index in [1.54, 1.807) is 0 Å². The van der Waals surface area contributed by atoms with Crippen LogP contribution in [0.3, 0.4) is 0 Å². The predicted octanol–water partition coefficient (Wildman–Crippen LogP) is 25.1. The minimum Gasteiger partial charge on any atom is -0.462 e. The number of rotatable bonds is 82. The monoisotopic (exact) mass is 1500 g/mol. The Kier molecular flexibility index (Phi) is 74.5. The van der Waals surface area contributed by atoms with Gasteiger partial charge in [0.1, 0.15) is 19.3 Å². The smallest absolute Gasteiger partial charge is 0.462 e. The average molecular weight is 1500 g/mol. The van der Waals surface area contributed by atoms with E-state index >= 15 is 0 Å². The molecule has 17 nitrogen and oxygen atoms in total. The van der Waals surface area contributed by atoms with Gasteiger partial charge in [-0.25, -0.2) is 9.13 Å². The van der Waals surface area contributed by atoms with Gasteiger partial charge in [-0.2, -0.15) is 0 Å². The molecule has 0 aromatic rings. The summed E-state index contributed by atoms with van der Waals surface area (Å²) in [4.78, 5) is 73.2. The maximum Gasteiger partial charge on any atom is 0.472 e. The number of aliphatic hydroxyl groups is 1. The normalized spacial score (nSPS) is 14.2. The van der Waals surface area contributed by atoms with Crippen molar-refractivity contribution in [2.24, 2.45) is 5.92 Å². The highest BCUT2D eigenvalue weighted by Gasteiger charge is 2.30. The number of hydrogen-bond acceptors (Lipinski definition) is 15. The Balaban J connectivity index is 5.29. The molecule has 0 aliphatic heterocycles. The summed E-state index contributed by atoms with van der Waals surface area (Å²) in [5.74, 6) is -1.36. The van der Waals surface area contributed by atoms with Crippen LogP contribution in [0.2, 0.25) is 0 Å². The number of carbonyl (C=O) groups excluding carboxylic acids is 4. The molecule has 0 fully saturated rings. The van der Waals surface area contributed by atoms with Crippen molar-refractivity contribution in [1.29, 1.82) is 0 Å². The molecule has 0 bridgehead atoms. The van der Waals surface area contributed by atoms with Crippen LogP contribution in [0.15, 0.2) is 24.3 Å². The van der Waals surface area contributed by atoms with Gasteiger partial charge in [0.25, 0.3) is 0 Å². The van der Waals surface area contributed by atoms with Crippen molar-refractivity contribution in [3.63, 3.8) is 0 Å². The van der Waals surface area contributed by atoms with E-state index < -0.39 is 97.5 Å². The van der Waals surface area contributed by atoms with E-state index in [1.807, 2.05) is 0 Å². The largest absolute Gasteiger partial charge is 0.472 e. The molecule has 3 N–H and O–H groups in total. The Morgan fingerprint density at radius 1 is 0.311 bits per heavy atom. The third kappa shape index (κ3) is 76.1. The molecule has 0 heterocycles. The summed E-state index contributed by atoms with van der Waals surface area (Å²) in [6, 6.07) is 0. The molecule has 0 saturated carbocycles. The van der Waals surface area contributed by atoms with Gasteiger partial charge in [0.15, 0.2) is 12.2 Å². The SMILES string of the molecule is CCCCCC/C=C\C=C/CCCCCCCC(=O)O[C@H](COC(=O)CCCCCCCCCCC(C)CC)COP(=O)(O)OC[C@H](O)COP(=O)(O)OC[C@@H](COC(=O)CCCCCCCCCCCCCCCCCCCC)OC(=O)CCCCCCCCCCCCCCCCCCCC. The van der Waals surface area contributed by atoms with Gasteiger partial charge in [-0.1, -0.05) is 374 Å². The molecule has 0 radical (unpaired) electrons. The van der Waals surface area contributed by atoms with Crippen LogP contribution in [-0.2, 0) is 65.4 Å². The Morgan fingerprint density at radius 2 is 0.544 bits per heavy atom. The van der Waals surface area contributed by atoms with E-state index in [2.05, 4.69) is 58.9 Å². The number of unbranched alkanes of at least 4 members (excludes halogenated alkanes) is 50. The Bertz CT molecular complexity index is 2060. The molecule has 0 amide bonds. The van der Waals surface area contributed by atoms with Gasteiger partial charge >= 0.3 is 39.5 Å². The molecule has 0 spiro atoms. The van der Waals surface area contributed by atoms with Crippen molar-refractivity contribution in [2.45, 2.75) is 445 Å². The van der Waals surface area contributed by atoms with Crippen LogP contribution in [0.5, 0.6) is 0 Å². The maximum atomic E-state index is 13.1. The van der Waals surface area contributed by atoms with Gasteiger partial charge in [0.05, 0.1) is 26.4 Å². The third-order valence-electron chi connectivity index (χ3n) is 19.5. The molecule has 608 valence electrons. The van der Waals surface area contributed by atoms with Crippen molar-refractivity contribution in [3.05, 3.63) is 24.3 Å². The summed E-state index contributed by atoms with van der Waals surface area (Å²) in [5, 5.41) is 10.7. The molecule has 0 aliphatic carbocycles. The van der Waals surface area contributed by atoms with Crippen molar-refractivity contribution in [2.75, 3.05) is 39.6 Å². The average Bonchev–Trinajstić information content (AvgIpc) is 1.16. The molecule has 0 aliphatic rings. The van der Waals surface area contributed by atoms with Gasteiger partial charge in [-0.3, -0.25) is 37.3 Å². The van der Waals surface area contributed by atoms with E-state index in [0.29, 0.717) is 25.7 Å². The standard InChI is InChI=1S/C84H160O17P2/c1-6-10-13-16-19-22-25-28-31-33-35-38-40-43-46-52-57-62-67-81(86)94-73-79(100-83(88)70-65-60-55-48-45-42-39-36-34-32-29-26-23-20-17-14-11-7-2)75-98-102(90,91)96-71-78(85)72-97-103(92,93)99-76-80(74-95-82(87)68-63-58-53-50-49-51-56-61-66-77(5)9-4)101-84(89)69-64-59-54-47-44-41-37-30-27-24-21-18-15-12-8-3/h24,27,30,37,77-80,85H,6-23,25-26,28-29,31-36,38-76H2,1-5H3,(H,90,91)(H,92,93)/b27-24-,37-30-/t77?,78-,79-,80-/m1/s1. The maximum absolute atomic E-state index is 13.1. The summed E-state index contributed by atoms with van der Waals surface area (Å²) < 4.78 is 68.8. The minimum absolute atomic E-state index is 0.0851. The quantitative estimate of drug-likeness (QED) is 0.0169. The van der Waals surface area contributed by atoms with Crippen LogP contribution in [0.4, 0.5) is 0 Å². The van der Waals surface area contributed by atoms with E-state index in [9.17, 15) is 43.2 Å². The molecular weight excluding hydrogens is 1340 g/mol. The first-order valence-electron chi connectivity index (χ1n) is 43.0. The lowest BCUT2D eigenvalue weighted by Gasteiger charge is -2.21. The number of esters is 4. The third-order valence-corrected chi connectivity index (χ3v) is 21.4. The highest BCUT2D eigenvalue weighted by atomic mass is 31.2. The number of aliphatic hydroxyl groups excluding tert-OH is 1. The summed E-state index contributed by atoms with van der Waals surface area (Å²) in [6.45, 7) is 7.29. The first-order chi connectivity index (χ1) is 50.1. The molecule has 0 saturated heterocycles. The molecule has 103 heavy (non-hydrogen) atoms. The van der Waals surface area contributed by atoms with Crippen LogP contribution >= 0.6 is 15.6 Å². The van der Waals surface area contributed by atoms with Crippen LogP contribution in [0, 0.1) is 5.92 Å². The number of phosphoric acid groups is 2. The summed E-state index contributed by atoms with van der Waals surface area (Å²) in [7, 11) is -9.94. The zero-order valence-corrected chi connectivity index (χ0v) is 68.7. The van der Waals surface area contributed by atoms with E-state index in [-0.39, 0.29) is 25.7 Å². The van der Waals surface area contributed by atoms with Gasteiger partial charge in [0, 0.05) is 25.7 Å². The Morgan fingerprint density at radius 3 is 0.825 bits per heavy atom. The van der Waals surface area contributed by atoms with Crippen LogP contribution < -0.4 is 0 Å². The Hall–Kier alpha value is -2.46. The number of phosphoric ester groups is 2. The van der Waals surface area contributed by atoms with E-state index in [4.69, 9.17) is 37.0 Å². The highest BCUT2D eigenvalue weighted by molar-refractivity contribution is 7.47. The second-order valence-electron chi connectivity index (χ2n) is 29.8. The Labute approximate surface area is 631 Å². The minimum atomic E-state index is -4.97. The van der Waals surface area contributed by atoms with Gasteiger partial charge in [0.2, 0.25) is 0 Å². The van der Waals surface area contributed by atoms with Crippen LogP contribution in [-0.4, -0.2) is 96.7 Å². The zero-order chi connectivity index (χ0) is 75.5. The lowest BCUT2D eigenvalue weighted by Crippen LogP contribution is -2.30. The second kappa shape index (κ2) is 76.3. The molecule has 3 unspecified atom stereocenters. The molecular formula is C84H160O17P2. The molecule has 19 heteroatoms. The summed E-state index contributed by atoms with van der Waals surface area (Å²) in [5.41, 5.74) is 0. The number of allylic oxidation sites excluding steroid dienone is 4. The first-order valence-corrected chi connectivity index (χ1v) is 46.0. The topological polar surface area (TPSA) is 237 Å². The lowest BCUT2D eigenvalue weighted by atomic mass is 9.99. The van der Waals surface area contributed by atoms with Crippen LogP contribution in [0.1, 0.15) is 426 Å². The summed E-state index contributed by atoms with van der Waals surface area (Å²) in [6.07, 6.45) is 71.5. The van der Waals surface area contributed by atoms with Gasteiger partial charge < -0.3 is 33.8 Å². The van der Waals surface area contributed by atoms with Crippen molar-refractivity contribution in [3.8, 4) is 0 Å². The predicted molar refractivity (Wildman–Crippen MR) is 423 cm³/mol. The fraction of sp³-hybridized carbons (Fsp3) is 0.905. The van der Waals surface area contributed by atoms with Crippen molar-refractivity contribution in [1.82, 2.24) is 0 Å². The fourth-order valence-electron chi connectivity index (χ4n) is 12.5. The van der Waals surface area contributed by atoms with Gasteiger partial charge in [-0.15, -0.1) is 0 Å². The van der Waals surface area contributed by atoms with E-state index in [1.165, 1.54) is 238 Å². The molecule has 6 atom stereocenters. The van der Waals surface area contributed by atoms with Crippen molar-refractivity contribution >= 4 is 39.5 Å². The molecule has 0 aromatic carbocycles. The second-order valence-corrected chi connectivity index (χ2v) is 32.7.